The lowest BCUT2D eigenvalue weighted by molar-refractivity contribution is -0.147. The number of aryl methyl sites for hydroxylation is 2. The van der Waals surface area contributed by atoms with Gasteiger partial charge in [0.1, 0.15) is 0 Å². The van der Waals surface area contributed by atoms with Crippen LogP contribution >= 0.6 is 11.3 Å². The molecular formula is C22H22N2O5S. The van der Waals surface area contributed by atoms with E-state index < -0.39 is 17.8 Å². The highest BCUT2D eigenvalue weighted by Crippen LogP contribution is 2.22. The third kappa shape index (κ3) is 5.64. The standard InChI is InChI=1S/C22H22N2O5S/c1-14-10-11-15(22(27)28-2)12-17(14)23-19(25)13-29-21(26)9-5-8-20-24-16-6-3-4-7-18(16)30-20/h3-4,6-7,10-12H,5,8-9,13H2,1-2H3,(H,23,25). The Balaban J connectivity index is 1.43. The highest BCUT2D eigenvalue weighted by atomic mass is 32.1. The first-order valence-corrected chi connectivity index (χ1v) is 10.3. The maximum Gasteiger partial charge on any atom is 0.337 e. The Morgan fingerprint density at radius 2 is 1.93 bits per heavy atom. The minimum Gasteiger partial charge on any atom is -0.465 e. The number of hydrogen-bond donors (Lipinski definition) is 1. The lowest BCUT2D eigenvalue weighted by atomic mass is 10.1. The van der Waals surface area contributed by atoms with E-state index in [9.17, 15) is 14.4 Å². The van der Waals surface area contributed by atoms with Gasteiger partial charge >= 0.3 is 11.9 Å². The number of hydrogen-bond acceptors (Lipinski definition) is 7. The van der Waals surface area contributed by atoms with Crippen molar-refractivity contribution in [2.75, 3.05) is 19.0 Å². The van der Waals surface area contributed by atoms with Gasteiger partial charge in [-0.1, -0.05) is 18.2 Å². The summed E-state index contributed by atoms with van der Waals surface area (Å²) < 4.78 is 10.9. The maximum absolute atomic E-state index is 12.1. The molecule has 0 spiro atoms. The van der Waals surface area contributed by atoms with E-state index in [1.54, 1.807) is 30.4 Å². The normalized spacial score (nSPS) is 10.6. The van der Waals surface area contributed by atoms with Crippen LogP contribution in [0.5, 0.6) is 0 Å². The molecule has 0 aliphatic heterocycles. The number of esters is 2. The third-order valence-corrected chi connectivity index (χ3v) is 5.50. The first kappa shape index (κ1) is 21.4. The van der Waals surface area contributed by atoms with E-state index in [4.69, 9.17) is 4.74 Å². The summed E-state index contributed by atoms with van der Waals surface area (Å²) in [6.45, 7) is 1.41. The first-order chi connectivity index (χ1) is 14.5. The number of anilines is 1. The van der Waals surface area contributed by atoms with Crippen molar-refractivity contribution >= 4 is 45.1 Å². The van der Waals surface area contributed by atoms with Crippen molar-refractivity contribution in [1.82, 2.24) is 4.98 Å². The molecule has 1 aromatic heterocycles. The number of fused-ring (bicyclic) bond motifs is 1. The van der Waals surface area contributed by atoms with Gasteiger partial charge in [0.25, 0.3) is 5.91 Å². The molecule has 0 aliphatic carbocycles. The fourth-order valence-electron chi connectivity index (χ4n) is 2.82. The molecule has 7 nitrogen and oxygen atoms in total. The first-order valence-electron chi connectivity index (χ1n) is 9.45. The predicted molar refractivity (Wildman–Crippen MR) is 115 cm³/mol. The van der Waals surface area contributed by atoms with E-state index in [2.05, 4.69) is 15.0 Å². The molecule has 0 aliphatic rings. The van der Waals surface area contributed by atoms with Gasteiger partial charge in [-0.3, -0.25) is 9.59 Å². The zero-order valence-corrected chi connectivity index (χ0v) is 17.6. The van der Waals surface area contributed by atoms with Gasteiger partial charge in [0, 0.05) is 12.1 Å². The number of carbonyl (C=O) groups is 3. The van der Waals surface area contributed by atoms with Crippen molar-refractivity contribution in [1.29, 1.82) is 0 Å². The van der Waals surface area contributed by atoms with Crippen LogP contribution in [0.3, 0.4) is 0 Å². The van der Waals surface area contributed by atoms with E-state index in [-0.39, 0.29) is 13.0 Å². The summed E-state index contributed by atoms with van der Waals surface area (Å²) in [5, 5.41) is 3.62. The molecule has 0 radical (unpaired) electrons. The van der Waals surface area contributed by atoms with Crippen LogP contribution < -0.4 is 5.32 Å². The third-order valence-electron chi connectivity index (χ3n) is 4.41. The van der Waals surface area contributed by atoms with Crippen LogP contribution in [-0.2, 0) is 25.5 Å². The van der Waals surface area contributed by atoms with Crippen molar-refractivity contribution in [3.05, 3.63) is 58.6 Å². The van der Waals surface area contributed by atoms with Crippen LogP contribution in [0.15, 0.2) is 42.5 Å². The van der Waals surface area contributed by atoms with Crippen LogP contribution in [0.4, 0.5) is 5.69 Å². The molecule has 0 saturated heterocycles. The van der Waals surface area contributed by atoms with Gasteiger partial charge in [-0.2, -0.15) is 0 Å². The Morgan fingerprint density at radius 1 is 1.13 bits per heavy atom. The molecule has 0 unspecified atom stereocenters. The van der Waals surface area contributed by atoms with Gasteiger partial charge in [-0.05, 0) is 49.6 Å². The Bertz CT molecular complexity index is 1040. The summed E-state index contributed by atoms with van der Waals surface area (Å²) in [4.78, 5) is 40.2. The number of nitrogens with one attached hydrogen (secondary N) is 1. The molecule has 0 bridgehead atoms. The number of benzene rings is 2. The van der Waals surface area contributed by atoms with Crippen molar-refractivity contribution in [2.24, 2.45) is 0 Å². The SMILES string of the molecule is COC(=O)c1ccc(C)c(NC(=O)COC(=O)CCCc2nc3ccccc3s2)c1. The monoisotopic (exact) mass is 426 g/mol. The summed E-state index contributed by atoms with van der Waals surface area (Å²) in [7, 11) is 1.29. The maximum atomic E-state index is 12.1. The topological polar surface area (TPSA) is 94.6 Å². The smallest absolute Gasteiger partial charge is 0.337 e. The van der Waals surface area contributed by atoms with Gasteiger partial charge in [-0.25, -0.2) is 9.78 Å². The largest absolute Gasteiger partial charge is 0.465 e. The number of para-hydroxylation sites is 1. The van der Waals surface area contributed by atoms with Crippen molar-refractivity contribution in [3.8, 4) is 0 Å². The van der Waals surface area contributed by atoms with Crippen molar-refractivity contribution in [3.63, 3.8) is 0 Å². The van der Waals surface area contributed by atoms with Gasteiger partial charge in [-0.15, -0.1) is 11.3 Å². The summed E-state index contributed by atoms with van der Waals surface area (Å²) in [6.07, 6.45) is 1.49. The lowest BCUT2D eigenvalue weighted by Crippen LogP contribution is -2.21. The number of nitrogens with zero attached hydrogens (tertiary/aromatic N) is 1. The Morgan fingerprint density at radius 3 is 2.70 bits per heavy atom. The summed E-state index contributed by atoms with van der Waals surface area (Å²) in [5.74, 6) is -1.41. The second kappa shape index (κ2) is 9.98. The molecule has 1 amide bonds. The second-order valence-electron chi connectivity index (χ2n) is 6.66. The molecule has 156 valence electrons. The number of ether oxygens (including phenoxy) is 2. The van der Waals surface area contributed by atoms with Crippen LogP contribution in [0.25, 0.3) is 10.2 Å². The Kier molecular flexibility index (Phi) is 7.13. The molecular weight excluding hydrogens is 404 g/mol. The highest BCUT2D eigenvalue weighted by molar-refractivity contribution is 7.18. The quantitative estimate of drug-likeness (QED) is 0.549. The predicted octanol–water partition coefficient (Wildman–Crippen LogP) is 3.90. The van der Waals surface area contributed by atoms with E-state index in [0.29, 0.717) is 24.1 Å². The van der Waals surface area contributed by atoms with Gasteiger partial charge in [0.15, 0.2) is 6.61 Å². The van der Waals surface area contributed by atoms with Gasteiger partial charge < -0.3 is 14.8 Å². The number of amides is 1. The minimum atomic E-state index is -0.495. The van der Waals surface area contributed by atoms with Crippen LogP contribution in [0.2, 0.25) is 0 Å². The number of thiazole rings is 1. The average molecular weight is 426 g/mol. The van der Waals surface area contributed by atoms with E-state index >= 15 is 0 Å². The minimum absolute atomic E-state index is 0.208. The van der Waals surface area contributed by atoms with E-state index in [0.717, 1.165) is 20.8 Å². The molecule has 1 N–H and O–H groups in total. The number of aromatic nitrogens is 1. The van der Waals surface area contributed by atoms with Crippen LogP contribution in [0.1, 0.15) is 33.8 Å². The highest BCUT2D eigenvalue weighted by Gasteiger charge is 2.12. The molecule has 2 aromatic carbocycles. The molecule has 0 atom stereocenters. The molecule has 1 heterocycles. The summed E-state index contributed by atoms with van der Waals surface area (Å²) in [6, 6.07) is 12.7. The van der Waals surface area contributed by atoms with Crippen molar-refractivity contribution < 1.29 is 23.9 Å². The van der Waals surface area contributed by atoms with E-state index in [1.807, 2.05) is 24.3 Å². The molecule has 30 heavy (non-hydrogen) atoms. The fourth-order valence-corrected chi connectivity index (χ4v) is 3.83. The summed E-state index contributed by atoms with van der Waals surface area (Å²) >= 11 is 1.61. The van der Waals surface area contributed by atoms with Gasteiger partial charge in [0.2, 0.25) is 0 Å². The van der Waals surface area contributed by atoms with E-state index in [1.165, 1.54) is 13.2 Å². The zero-order chi connectivity index (χ0) is 21.5. The van der Waals surface area contributed by atoms with Crippen LogP contribution in [0, 0.1) is 6.92 Å². The number of carbonyl (C=O) groups excluding carboxylic acids is 3. The van der Waals surface area contributed by atoms with Crippen LogP contribution in [-0.4, -0.2) is 36.5 Å². The Hall–Kier alpha value is -3.26. The molecule has 3 rings (SSSR count). The lowest BCUT2D eigenvalue weighted by Gasteiger charge is -2.10. The average Bonchev–Trinajstić information content (AvgIpc) is 3.16. The molecule has 0 fully saturated rings. The van der Waals surface area contributed by atoms with Gasteiger partial charge in [0.05, 0.1) is 27.9 Å². The summed E-state index contributed by atoms with van der Waals surface area (Å²) in [5.41, 5.74) is 2.53. The molecule has 0 saturated carbocycles. The Labute approximate surface area is 178 Å². The number of rotatable bonds is 8. The molecule has 3 aromatic rings. The molecule has 8 heteroatoms. The second-order valence-corrected chi connectivity index (χ2v) is 7.77. The zero-order valence-electron chi connectivity index (χ0n) is 16.8. The fraction of sp³-hybridized carbons (Fsp3) is 0.273. The van der Waals surface area contributed by atoms with Crippen molar-refractivity contribution in [2.45, 2.75) is 26.2 Å². The number of methoxy groups -OCH3 is 1.